The molecule has 0 bridgehead atoms. The van der Waals surface area contributed by atoms with Crippen molar-refractivity contribution in [3.8, 4) is 0 Å². The summed E-state index contributed by atoms with van der Waals surface area (Å²) in [6.07, 6.45) is 5.32. The van der Waals surface area contributed by atoms with E-state index < -0.39 is 12.0 Å². The fraction of sp³-hybridized carbons (Fsp3) is 0.889. The third-order valence-corrected chi connectivity index (χ3v) is 3.74. The second-order valence-electron chi connectivity index (χ2n) is 3.63. The minimum absolute atomic E-state index is 0.547. The van der Waals surface area contributed by atoms with Gasteiger partial charge in [-0.05, 0) is 24.5 Å². The molecule has 0 saturated heterocycles. The SMILES string of the molecule is N[C@@H](CSCC1CCCC1)C(=O)O. The van der Waals surface area contributed by atoms with Crippen molar-refractivity contribution in [1.82, 2.24) is 0 Å². The zero-order chi connectivity index (χ0) is 9.68. The molecule has 0 unspecified atom stereocenters. The van der Waals surface area contributed by atoms with Gasteiger partial charge in [0.05, 0.1) is 0 Å². The number of nitrogens with two attached hydrogens (primary N) is 1. The maximum atomic E-state index is 10.4. The first-order valence-corrected chi connectivity index (χ1v) is 5.91. The minimum atomic E-state index is -0.890. The molecule has 0 radical (unpaired) electrons. The van der Waals surface area contributed by atoms with E-state index in [1.165, 1.54) is 25.7 Å². The number of aliphatic carboxylic acids is 1. The lowest BCUT2D eigenvalue weighted by molar-refractivity contribution is -0.137. The first-order chi connectivity index (χ1) is 6.20. The van der Waals surface area contributed by atoms with E-state index in [1.807, 2.05) is 0 Å². The Hall–Kier alpha value is -0.220. The third-order valence-electron chi connectivity index (χ3n) is 2.44. The Bertz CT molecular complexity index is 169. The molecule has 1 rings (SSSR count). The van der Waals surface area contributed by atoms with Crippen LogP contribution in [0, 0.1) is 5.92 Å². The normalized spacial score (nSPS) is 20.4. The predicted octanol–water partition coefficient (Wildman–Crippen LogP) is 1.32. The van der Waals surface area contributed by atoms with Crippen LogP contribution < -0.4 is 5.73 Å². The quantitative estimate of drug-likeness (QED) is 0.707. The predicted molar refractivity (Wildman–Crippen MR) is 54.9 cm³/mol. The molecule has 1 aliphatic rings. The largest absolute Gasteiger partial charge is 0.480 e. The Morgan fingerprint density at radius 2 is 2.15 bits per heavy atom. The van der Waals surface area contributed by atoms with Gasteiger partial charge in [-0.2, -0.15) is 11.8 Å². The van der Waals surface area contributed by atoms with E-state index >= 15 is 0 Å². The van der Waals surface area contributed by atoms with Crippen LogP contribution in [0.15, 0.2) is 0 Å². The van der Waals surface area contributed by atoms with Crippen LogP contribution in [0.3, 0.4) is 0 Å². The summed E-state index contributed by atoms with van der Waals surface area (Å²) in [6.45, 7) is 0. The van der Waals surface area contributed by atoms with Crippen molar-refractivity contribution in [2.45, 2.75) is 31.7 Å². The monoisotopic (exact) mass is 203 g/mol. The lowest BCUT2D eigenvalue weighted by Crippen LogP contribution is -2.32. The summed E-state index contributed by atoms with van der Waals surface area (Å²) in [6, 6.07) is -0.689. The summed E-state index contributed by atoms with van der Waals surface area (Å²) < 4.78 is 0. The highest BCUT2D eigenvalue weighted by Crippen LogP contribution is 2.27. The summed E-state index contributed by atoms with van der Waals surface area (Å²) >= 11 is 1.68. The van der Waals surface area contributed by atoms with Crippen molar-refractivity contribution >= 4 is 17.7 Å². The van der Waals surface area contributed by atoms with E-state index in [2.05, 4.69) is 0 Å². The highest BCUT2D eigenvalue weighted by Gasteiger charge is 2.16. The Morgan fingerprint density at radius 1 is 1.54 bits per heavy atom. The van der Waals surface area contributed by atoms with Gasteiger partial charge in [0.25, 0.3) is 0 Å². The second-order valence-corrected chi connectivity index (χ2v) is 4.71. The van der Waals surface area contributed by atoms with E-state index in [9.17, 15) is 4.79 Å². The van der Waals surface area contributed by atoms with Crippen molar-refractivity contribution in [2.24, 2.45) is 11.7 Å². The molecule has 0 aliphatic heterocycles. The number of carboxylic acids is 1. The Balaban J connectivity index is 2.02. The summed E-state index contributed by atoms with van der Waals surface area (Å²) in [5, 5.41) is 8.54. The van der Waals surface area contributed by atoms with Crippen molar-refractivity contribution in [3.05, 3.63) is 0 Å². The molecule has 1 saturated carbocycles. The zero-order valence-electron chi connectivity index (χ0n) is 7.74. The molecular formula is C9H17NO2S. The topological polar surface area (TPSA) is 63.3 Å². The molecule has 4 heteroatoms. The summed E-state index contributed by atoms with van der Waals surface area (Å²) in [7, 11) is 0. The third kappa shape index (κ3) is 4.00. The molecule has 0 aromatic rings. The summed E-state index contributed by atoms with van der Waals surface area (Å²) in [5.41, 5.74) is 5.38. The van der Waals surface area contributed by atoms with Gasteiger partial charge in [-0.1, -0.05) is 12.8 Å². The summed E-state index contributed by atoms with van der Waals surface area (Å²) in [5.74, 6) is 1.55. The minimum Gasteiger partial charge on any atom is -0.480 e. The van der Waals surface area contributed by atoms with Crippen molar-refractivity contribution in [3.63, 3.8) is 0 Å². The van der Waals surface area contributed by atoms with Gasteiger partial charge in [-0.3, -0.25) is 4.79 Å². The smallest absolute Gasteiger partial charge is 0.321 e. The molecule has 0 heterocycles. The first-order valence-electron chi connectivity index (χ1n) is 4.76. The molecule has 1 atom stereocenters. The van der Waals surface area contributed by atoms with Gasteiger partial charge in [0, 0.05) is 5.75 Å². The summed E-state index contributed by atoms with van der Waals surface area (Å²) in [4.78, 5) is 10.4. The van der Waals surface area contributed by atoms with E-state index in [1.54, 1.807) is 11.8 Å². The average molecular weight is 203 g/mol. The van der Waals surface area contributed by atoms with Crippen molar-refractivity contribution in [1.29, 1.82) is 0 Å². The molecule has 3 N–H and O–H groups in total. The van der Waals surface area contributed by atoms with Gasteiger partial charge in [0.2, 0.25) is 0 Å². The maximum absolute atomic E-state index is 10.4. The second kappa shape index (κ2) is 5.50. The maximum Gasteiger partial charge on any atom is 0.321 e. The van der Waals surface area contributed by atoms with E-state index in [-0.39, 0.29) is 0 Å². The Labute approximate surface area is 83.1 Å². The highest BCUT2D eigenvalue weighted by atomic mass is 32.2. The van der Waals surface area contributed by atoms with Crippen molar-refractivity contribution < 1.29 is 9.90 Å². The molecule has 0 amide bonds. The Morgan fingerprint density at radius 3 is 2.69 bits per heavy atom. The van der Waals surface area contributed by atoms with Crippen LogP contribution in [0.2, 0.25) is 0 Å². The van der Waals surface area contributed by atoms with Crippen LogP contribution in [0.4, 0.5) is 0 Å². The van der Waals surface area contributed by atoms with Crippen LogP contribution in [0.5, 0.6) is 0 Å². The van der Waals surface area contributed by atoms with Gasteiger partial charge in [0.1, 0.15) is 6.04 Å². The molecular weight excluding hydrogens is 186 g/mol. The molecule has 0 aromatic carbocycles. The molecule has 3 nitrogen and oxygen atoms in total. The number of rotatable bonds is 5. The van der Waals surface area contributed by atoms with Gasteiger partial charge < -0.3 is 10.8 Å². The van der Waals surface area contributed by atoms with Gasteiger partial charge in [0.15, 0.2) is 0 Å². The zero-order valence-corrected chi connectivity index (χ0v) is 8.55. The molecule has 1 aliphatic carbocycles. The van der Waals surface area contributed by atoms with E-state index in [0.29, 0.717) is 5.75 Å². The number of carbonyl (C=O) groups is 1. The fourth-order valence-corrected chi connectivity index (χ4v) is 2.81. The number of hydrogen-bond donors (Lipinski definition) is 2. The number of thioether (sulfide) groups is 1. The van der Waals surface area contributed by atoms with Gasteiger partial charge in [-0.25, -0.2) is 0 Å². The lowest BCUT2D eigenvalue weighted by Gasteiger charge is -2.09. The highest BCUT2D eigenvalue weighted by molar-refractivity contribution is 7.99. The van der Waals surface area contributed by atoms with E-state index in [0.717, 1.165) is 11.7 Å². The van der Waals surface area contributed by atoms with Crippen LogP contribution in [-0.2, 0) is 4.79 Å². The molecule has 0 aromatic heterocycles. The fourth-order valence-electron chi connectivity index (χ4n) is 1.61. The van der Waals surface area contributed by atoms with Crippen LogP contribution >= 0.6 is 11.8 Å². The van der Waals surface area contributed by atoms with E-state index in [4.69, 9.17) is 10.8 Å². The first kappa shape index (κ1) is 10.9. The standard InChI is InChI=1S/C9H17NO2S/c10-8(9(11)12)6-13-5-7-3-1-2-4-7/h7-8H,1-6,10H2,(H,11,12)/t8-/m0/s1. The van der Waals surface area contributed by atoms with Crippen LogP contribution in [0.1, 0.15) is 25.7 Å². The molecule has 76 valence electrons. The van der Waals surface area contributed by atoms with Gasteiger partial charge >= 0.3 is 5.97 Å². The van der Waals surface area contributed by atoms with Crippen LogP contribution in [0.25, 0.3) is 0 Å². The van der Waals surface area contributed by atoms with Crippen molar-refractivity contribution in [2.75, 3.05) is 11.5 Å². The average Bonchev–Trinajstić information content (AvgIpc) is 2.56. The number of hydrogen-bond acceptors (Lipinski definition) is 3. The Kier molecular flexibility index (Phi) is 4.59. The molecule has 0 spiro atoms. The van der Waals surface area contributed by atoms with Crippen LogP contribution in [-0.4, -0.2) is 28.6 Å². The molecule has 1 fully saturated rings. The molecule has 13 heavy (non-hydrogen) atoms. The number of carboxylic acid groups (broad SMARTS) is 1. The lowest BCUT2D eigenvalue weighted by atomic mass is 10.1. The van der Waals surface area contributed by atoms with Gasteiger partial charge in [-0.15, -0.1) is 0 Å².